The third kappa shape index (κ3) is 3.61. The summed E-state index contributed by atoms with van der Waals surface area (Å²) in [5.74, 6) is -0.0495. The van der Waals surface area contributed by atoms with Crippen LogP contribution in [0.15, 0.2) is 18.5 Å². The third-order valence-corrected chi connectivity index (χ3v) is 12.5. The summed E-state index contributed by atoms with van der Waals surface area (Å²) in [5, 5.41) is 5.73. The summed E-state index contributed by atoms with van der Waals surface area (Å²) in [7, 11) is -1.98. The molecule has 0 aliphatic carbocycles. The Morgan fingerprint density at radius 1 is 1.11 bits per heavy atom. The number of aromatic nitrogens is 3. The minimum Gasteiger partial charge on any atom is -0.368 e. The van der Waals surface area contributed by atoms with Crippen LogP contribution in [-0.2, 0) is 4.74 Å². The normalized spacial score (nSPS) is 13.3. The minimum absolute atomic E-state index is 0.0495. The molecule has 0 unspecified atom stereocenters. The summed E-state index contributed by atoms with van der Waals surface area (Å²) < 4.78 is 7.85. The largest absolute Gasteiger partial charge is 0.368 e. The zero-order valence-corrected chi connectivity index (χ0v) is 19.3. The number of nitrogens with zero attached hydrogens (tertiary/aromatic N) is 3. The first-order chi connectivity index (χ1) is 12.5. The molecule has 0 amide bonds. The Balaban J connectivity index is 2.60. The molecule has 0 fully saturated rings. The maximum Gasteiger partial charge on any atom is 0.195 e. The molecule has 0 aliphatic heterocycles. The zero-order chi connectivity index (χ0) is 20.6. The Hall–Kier alpha value is -1.53. The van der Waals surface area contributed by atoms with Gasteiger partial charge in [-0.3, -0.25) is 9.14 Å². The van der Waals surface area contributed by atoms with E-state index in [1.54, 1.807) is 20.0 Å². The van der Waals surface area contributed by atoms with Crippen LogP contribution in [0.4, 0.5) is 0 Å². The smallest absolute Gasteiger partial charge is 0.195 e. The van der Waals surface area contributed by atoms with E-state index >= 15 is 0 Å². The molecule has 0 saturated heterocycles. The number of fused-ring (bicyclic) bond motifs is 1. The molecule has 2 rings (SSSR count). The number of ether oxygens (including phenoxy) is 1. The quantitative estimate of drug-likeness (QED) is 0.445. The fourth-order valence-corrected chi connectivity index (χ4v) is 11.1. The second-order valence-corrected chi connectivity index (χ2v) is 14.5. The molecule has 0 spiro atoms. The molecular weight excluding hydrogens is 354 g/mol. The van der Waals surface area contributed by atoms with Crippen molar-refractivity contribution in [2.24, 2.45) is 0 Å². The van der Waals surface area contributed by atoms with E-state index in [0.717, 1.165) is 11.0 Å². The van der Waals surface area contributed by atoms with Gasteiger partial charge in [-0.25, -0.2) is 4.98 Å². The molecule has 2 aromatic rings. The highest BCUT2D eigenvalue weighted by atomic mass is 28.3. The summed E-state index contributed by atoms with van der Waals surface area (Å²) in [6, 6.07) is 1.91. The van der Waals surface area contributed by atoms with Gasteiger partial charge in [-0.15, -0.1) is 0 Å². The van der Waals surface area contributed by atoms with E-state index in [-0.39, 0.29) is 5.78 Å². The van der Waals surface area contributed by atoms with Gasteiger partial charge in [0, 0.05) is 23.8 Å². The number of carbonyl (C=O) groups is 1. The number of hydrogen-bond acceptors (Lipinski definition) is 4. The standard InChI is InChI=1S/C21H35N3O2Si/c1-10-26-21(8,9)19(25)17-11-18-13-23-24(20(18)22-12-17)27(14(2)3,15(4)5)16(6)7/h11-16H,10H2,1-9H3. The molecular formula is C21H35N3O2Si. The van der Waals surface area contributed by atoms with Gasteiger partial charge in [-0.2, -0.15) is 5.10 Å². The highest BCUT2D eigenvalue weighted by molar-refractivity contribution is 6.82. The fourth-order valence-electron chi connectivity index (χ4n) is 4.84. The predicted molar refractivity (Wildman–Crippen MR) is 114 cm³/mol. The minimum atomic E-state index is -1.98. The van der Waals surface area contributed by atoms with Gasteiger partial charge in [-0.1, -0.05) is 41.5 Å². The molecule has 0 aromatic carbocycles. The van der Waals surface area contributed by atoms with Crippen LogP contribution >= 0.6 is 0 Å². The van der Waals surface area contributed by atoms with Crippen molar-refractivity contribution in [1.29, 1.82) is 0 Å². The van der Waals surface area contributed by atoms with Crippen molar-refractivity contribution in [3.8, 4) is 0 Å². The van der Waals surface area contributed by atoms with Crippen LogP contribution in [0.3, 0.4) is 0 Å². The van der Waals surface area contributed by atoms with Crippen LogP contribution < -0.4 is 0 Å². The maximum atomic E-state index is 12.8. The van der Waals surface area contributed by atoms with Gasteiger partial charge in [0.2, 0.25) is 0 Å². The molecule has 0 N–H and O–H groups in total. The highest BCUT2D eigenvalue weighted by Gasteiger charge is 2.47. The van der Waals surface area contributed by atoms with Gasteiger partial charge >= 0.3 is 0 Å². The topological polar surface area (TPSA) is 57.0 Å². The van der Waals surface area contributed by atoms with Crippen molar-refractivity contribution in [1.82, 2.24) is 14.4 Å². The lowest BCUT2D eigenvalue weighted by atomic mass is 9.97. The molecule has 0 saturated carbocycles. The Morgan fingerprint density at radius 2 is 1.67 bits per heavy atom. The molecule has 0 atom stereocenters. The lowest BCUT2D eigenvalue weighted by Crippen LogP contribution is -2.52. The number of Topliss-reactive ketones (excluding diaryl/α,β-unsaturated/α-hetero) is 1. The average Bonchev–Trinajstić information content (AvgIpc) is 2.97. The van der Waals surface area contributed by atoms with Crippen LogP contribution in [0, 0.1) is 0 Å². The first-order valence-corrected chi connectivity index (χ1v) is 12.2. The van der Waals surface area contributed by atoms with Crippen molar-refractivity contribution >= 4 is 25.1 Å². The Morgan fingerprint density at radius 3 is 2.15 bits per heavy atom. The average molecular weight is 390 g/mol. The lowest BCUT2D eigenvalue weighted by Gasteiger charge is -2.42. The Labute approximate surface area is 164 Å². The third-order valence-electron chi connectivity index (χ3n) is 5.86. The molecule has 150 valence electrons. The van der Waals surface area contributed by atoms with E-state index in [1.807, 2.05) is 19.2 Å². The lowest BCUT2D eigenvalue weighted by molar-refractivity contribution is 0.00124. The van der Waals surface area contributed by atoms with Crippen LogP contribution in [0.5, 0.6) is 0 Å². The zero-order valence-electron chi connectivity index (χ0n) is 18.3. The van der Waals surface area contributed by atoms with Gasteiger partial charge < -0.3 is 4.74 Å². The molecule has 0 bridgehead atoms. The van der Waals surface area contributed by atoms with Gasteiger partial charge in [0.15, 0.2) is 14.0 Å². The van der Waals surface area contributed by atoms with Gasteiger partial charge in [0.25, 0.3) is 0 Å². The van der Waals surface area contributed by atoms with Crippen LogP contribution in [0.2, 0.25) is 16.6 Å². The second-order valence-electron chi connectivity index (χ2n) is 8.82. The van der Waals surface area contributed by atoms with E-state index in [1.165, 1.54) is 0 Å². The maximum absolute atomic E-state index is 12.8. The van der Waals surface area contributed by atoms with E-state index in [4.69, 9.17) is 14.8 Å². The molecule has 6 heteroatoms. The molecule has 2 heterocycles. The van der Waals surface area contributed by atoms with Crippen molar-refractivity contribution in [2.75, 3.05) is 6.61 Å². The van der Waals surface area contributed by atoms with Gasteiger partial charge in [-0.05, 0) is 43.5 Å². The number of rotatable bonds is 8. The van der Waals surface area contributed by atoms with Gasteiger partial charge in [0.1, 0.15) is 11.2 Å². The number of pyridine rings is 1. The first kappa shape index (κ1) is 21.8. The molecule has 0 radical (unpaired) electrons. The molecule has 27 heavy (non-hydrogen) atoms. The second kappa shape index (κ2) is 7.84. The SMILES string of the molecule is CCOC(C)(C)C(=O)c1cnc2c(cnn2[Si](C(C)C)(C(C)C)C(C)C)c1. The fraction of sp³-hybridized carbons (Fsp3) is 0.667. The Bertz CT molecular complexity index is 787. The number of carbonyl (C=O) groups excluding carboxylic acids is 1. The van der Waals surface area contributed by atoms with Crippen LogP contribution in [0.1, 0.15) is 72.7 Å². The summed E-state index contributed by atoms with van der Waals surface area (Å²) in [4.78, 5) is 17.6. The number of hydrogen-bond donors (Lipinski definition) is 0. The molecule has 0 aliphatic rings. The van der Waals surface area contributed by atoms with Crippen molar-refractivity contribution < 1.29 is 9.53 Å². The first-order valence-electron chi connectivity index (χ1n) is 10.0. The van der Waals surface area contributed by atoms with E-state index < -0.39 is 13.8 Å². The van der Waals surface area contributed by atoms with Crippen LogP contribution in [-0.4, -0.2) is 40.7 Å². The van der Waals surface area contributed by atoms with Crippen molar-refractivity contribution in [2.45, 2.75) is 84.5 Å². The van der Waals surface area contributed by atoms with Crippen LogP contribution in [0.25, 0.3) is 11.0 Å². The van der Waals surface area contributed by atoms with E-state index in [0.29, 0.717) is 28.8 Å². The molecule has 5 nitrogen and oxygen atoms in total. The highest BCUT2D eigenvalue weighted by Crippen LogP contribution is 2.43. The van der Waals surface area contributed by atoms with Crippen molar-refractivity contribution in [3.05, 3.63) is 24.0 Å². The summed E-state index contributed by atoms with van der Waals surface area (Å²) in [6.07, 6.45) is 3.55. The van der Waals surface area contributed by atoms with E-state index in [9.17, 15) is 4.79 Å². The van der Waals surface area contributed by atoms with Gasteiger partial charge in [0.05, 0.1) is 6.20 Å². The van der Waals surface area contributed by atoms with Crippen molar-refractivity contribution in [3.63, 3.8) is 0 Å². The van der Waals surface area contributed by atoms with E-state index in [2.05, 4.69) is 45.9 Å². The number of ketones is 1. The summed E-state index contributed by atoms with van der Waals surface area (Å²) in [6.45, 7) is 19.9. The summed E-state index contributed by atoms with van der Waals surface area (Å²) in [5.41, 5.74) is 2.20. The Kier molecular flexibility index (Phi) is 6.32. The predicted octanol–water partition coefficient (Wildman–Crippen LogP) is 5.45. The monoisotopic (exact) mass is 389 g/mol. The summed E-state index contributed by atoms with van der Waals surface area (Å²) >= 11 is 0. The molecule has 2 aromatic heterocycles.